The molecule has 0 aliphatic heterocycles. The highest BCUT2D eigenvalue weighted by atomic mass is 32.2. The number of halogens is 6. The van der Waals surface area contributed by atoms with E-state index in [1.54, 1.807) is 0 Å². The molecule has 0 heterocycles. The Hall–Kier alpha value is -2.67. The summed E-state index contributed by atoms with van der Waals surface area (Å²) in [6.07, 6.45) is -8.78. The van der Waals surface area contributed by atoms with E-state index in [1.807, 2.05) is 20.8 Å². The van der Waals surface area contributed by atoms with Crippen molar-refractivity contribution in [1.82, 2.24) is 10.6 Å². The molecule has 6 aliphatic carbocycles. The van der Waals surface area contributed by atoms with Crippen molar-refractivity contribution in [2.24, 2.45) is 82.3 Å². The average molecular weight is 1030 g/mol. The molecule has 16 atom stereocenters. The van der Waals surface area contributed by atoms with Crippen molar-refractivity contribution < 1.29 is 73.6 Å². The van der Waals surface area contributed by atoms with E-state index < -0.39 is 123 Å². The number of amides is 2. The second kappa shape index (κ2) is 22.0. The summed E-state index contributed by atoms with van der Waals surface area (Å²) >= 11 is 0. The molecule has 70 heavy (non-hydrogen) atoms. The van der Waals surface area contributed by atoms with Crippen molar-refractivity contribution in [2.45, 2.75) is 205 Å². The molecule has 16 unspecified atom stereocenters. The largest absolute Gasteiger partial charge is 0.481 e. The van der Waals surface area contributed by atoms with Crippen LogP contribution in [0.5, 0.6) is 0 Å². The first-order valence-electron chi connectivity index (χ1n) is 26.1. The van der Waals surface area contributed by atoms with Gasteiger partial charge in [0.2, 0.25) is 11.8 Å². The number of alkyl halides is 6. The summed E-state index contributed by atoms with van der Waals surface area (Å²) in [6.45, 7) is 14.6. The number of ether oxygens (including phenoxy) is 2. The van der Waals surface area contributed by atoms with Gasteiger partial charge in [-0.3, -0.25) is 19.2 Å². The van der Waals surface area contributed by atoms with Gasteiger partial charge < -0.3 is 30.3 Å². The lowest BCUT2D eigenvalue weighted by atomic mass is 9.55. The van der Waals surface area contributed by atoms with Crippen molar-refractivity contribution in [1.29, 1.82) is 0 Å². The number of carbonyl (C=O) groups excluding carboxylic acids is 2. The Labute approximate surface area is 410 Å². The number of sulfone groups is 1. The predicted octanol–water partition coefficient (Wildman–Crippen LogP) is 9.63. The van der Waals surface area contributed by atoms with Crippen LogP contribution in [-0.2, 0) is 38.5 Å². The SMILES string of the molecule is CNC(=O)C1CC(S(=O)(=O)C2CCC(C(=O)O)C(C(=O)NC3CCC(OC4C(C)CC(C(C)(C)C5CC(C)C(OC6CCC(C)CC6C(F)(F)F)C(C)C5)CC4C)C(C(F)(F)F)C3)C2)CCC1C(=O)O. The third kappa shape index (κ3) is 12.5. The van der Waals surface area contributed by atoms with E-state index in [4.69, 9.17) is 9.47 Å². The quantitative estimate of drug-likeness (QED) is 0.130. The van der Waals surface area contributed by atoms with Crippen LogP contribution in [0.4, 0.5) is 26.3 Å². The molecule has 402 valence electrons. The van der Waals surface area contributed by atoms with Gasteiger partial charge in [-0.2, -0.15) is 26.3 Å². The van der Waals surface area contributed by atoms with Crippen LogP contribution in [0.1, 0.15) is 151 Å². The fourth-order valence-corrected chi connectivity index (χ4v) is 17.0. The van der Waals surface area contributed by atoms with Gasteiger partial charge >= 0.3 is 24.3 Å². The van der Waals surface area contributed by atoms with E-state index in [0.29, 0.717) is 12.8 Å². The number of carboxylic acids is 2. The summed E-state index contributed by atoms with van der Waals surface area (Å²) in [6, 6.07) is -0.973. The summed E-state index contributed by atoms with van der Waals surface area (Å²) in [5.41, 5.74) is -0.167. The van der Waals surface area contributed by atoms with Gasteiger partial charge in [-0.15, -0.1) is 0 Å². The Morgan fingerprint density at radius 3 is 1.33 bits per heavy atom. The maximum Gasteiger partial charge on any atom is 0.394 e. The zero-order chi connectivity index (χ0) is 52.0. The van der Waals surface area contributed by atoms with Crippen LogP contribution in [0.15, 0.2) is 0 Å². The molecular weight excluding hydrogens is 947 g/mol. The van der Waals surface area contributed by atoms with Gasteiger partial charge in [-0.05, 0) is 150 Å². The molecule has 6 rings (SSSR count). The normalized spacial score (nSPS) is 41.5. The van der Waals surface area contributed by atoms with E-state index in [1.165, 1.54) is 7.05 Å². The number of hydrogen-bond donors (Lipinski definition) is 4. The van der Waals surface area contributed by atoms with Crippen LogP contribution in [0.3, 0.4) is 0 Å². The van der Waals surface area contributed by atoms with Gasteiger partial charge in [0.15, 0.2) is 9.84 Å². The highest BCUT2D eigenvalue weighted by molar-refractivity contribution is 7.92. The molecule has 19 heteroatoms. The molecule has 2 amide bonds. The van der Waals surface area contributed by atoms with Crippen molar-refractivity contribution in [2.75, 3.05) is 7.05 Å². The van der Waals surface area contributed by atoms with Crippen molar-refractivity contribution in [3.63, 3.8) is 0 Å². The molecule has 6 fully saturated rings. The molecule has 0 aromatic heterocycles. The minimum Gasteiger partial charge on any atom is -0.481 e. The minimum absolute atomic E-state index is 0.00169. The highest BCUT2D eigenvalue weighted by Crippen LogP contribution is 2.55. The third-order valence-corrected chi connectivity index (χ3v) is 21.5. The van der Waals surface area contributed by atoms with Gasteiger partial charge in [-0.25, -0.2) is 8.42 Å². The summed E-state index contributed by atoms with van der Waals surface area (Å²) < 4.78 is 128. The highest BCUT2D eigenvalue weighted by Gasteiger charge is 2.55. The lowest BCUT2D eigenvalue weighted by Gasteiger charge is -2.53. The molecule has 0 radical (unpaired) electrons. The zero-order valence-electron chi connectivity index (χ0n) is 42.2. The standard InChI is InChI=1S/C51H80F6N2O10S/c1-25-9-15-41(39(17-25)50(52,53)54)68-43-26(2)18-30(19-27(43)3)49(6,7)31-20-28(4)44(29(5)21-31)69-42-16-10-32(22-40(42)51(55,56)57)59-46(61)38-24-34(12-14-36(38)48(64)65)70(66,67)33-11-13-35(47(62)63)37(23-33)45(60)58-8/h25-44H,9-24H2,1-8H3,(H,58,60)(H,59,61)(H,62,63)(H,64,65). The third-order valence-electron chi connectivity index (χ3n) is 18.7. The van der Waals surface area contributed by atoms with Crippen LogP contribution in [0.25, 0.3) is 0 Å². The monoisotopic (exact) mass is 1030 g/mol. The number of hydrogen-bond acceptors (Lipinski definition) is 8. The van der Waals surface area contributed by atoms with Crippen molar-refractivity contribution in [3.05, 3.63) is 0 Å². The number of carboxylic acid groups (broad SMARTS) is 2. The first-order valence-corrected chi connectivity index (χ1v) is 27.7. The molecule has 0 spiro atoms. The fourth-order valence-electron chi connectivity index (χ4n) is 14.6. The maximum absolute atomic E-state index is 15.0. The van der Waals surface area contributed by atoms with E-state index in [9.17, 15) is 64.2 Å². The molecule has 0 aromatic carbocycles. The molecule has 0 aromatic rings. The molecular formula is C51H80F6N2O10S. The van der Waals surface area contributed by atoms with Gasteiger partial charge in [0, 0.05) is 13.1 Å². The van der Waals surface area contributed by atoms with Gasteiger partial charge in [0.1, 0.15) is 0 Å². The molecule has 0 saturated heterocycles. The van der Waals surface area contributed by atoms with Crippen LogP contribution in [-0.4, -0.2) is 103 Å². The average Bonchev–Trinajstić information content (AvgIpc) is 3.27. The van der Waals surface area contributed by atoms with E-state index in [2.05, 4.69) is 38.3 Å². The fraction of sp³-hybridized carbons (Fsp3) is 0.922. The Balaban J connectivity index is 1.06. The van der Waals surface area contributed by atoms with E-state index in [0.717, 1.165) is 25.7 Å². The second-order valence-electron chi connectivity index (χ2n) is 23.8. The van der Waals surface area contributed by atoms with Gasteiger partial charge in [0.05, 0.1) is 70.4 Å². The van der Waals surface area contributed by atoms with Crippen LogP contribution < -0.4 is 10.6 Å². The van der Waals surface area contributed by atoms with Crippen molar-refractivity contribution in [3.8, 4) is 0 Å². The number of aliphatic carboxylic acids is 2. The van der Waals surface area contributed by atoms with Crippen molar-refractivity contribution >= 4 is 33.6 Å². The number of carbonyl (C=O) groups is 4. The Bertz CT molecular complexity index is 1940. The maximum atomic E-state index is 15.0. The van der Waals surface area contributed by atoms with Crippen LogP contribution in [0, 0.1) is 82.3 Å². The van der Waals surface area contributed by atoms with Crippen LogP contribution in [0.2, 0.25) is 0 Å². The lowest BCUT2D eigenvalue weighted by molar-refractivity contribution is -0.238. The molecule has 4 N–H and O–H groups in total. The Morgan fingerprint density at radius 1 is 0.529 bits per heavy atom. The predicted molar refractivity (Wildman–Crippen MR) is 249 cm³/mol. The summed E-state index contributed by atoms with van der Waals surface area (Å²) in [4.78, 5) is 50.8. The van der Waals surface area contributed by atoms with Gasteiger partial charge in [-0.1, -0.05) is 48.5 Å². The lowest BCUT2D eigenvalue weighted by Crippen LogP contribution is -2.53. The minimum atomic E-state index is -4.68. The number of nitrogens with one attached hydrogen (secondary N) is 2. The van der Waals surface area contributed by atoms with E-state index in [-0.39, 0.29) is 111 Å². The summed E-state index contributed by atoms with van der Waals surface area (Å²) in [5, 5.41) is 22.6. The topological polar surface area (TPSA) is 185 Å². The summed E-state index contributed by atoms with van der Waals surface area (Å²) in [5.74, 6) is -11.7. The zero-order valence-corrected chi connectivity index (χ0v) is 43.0. The molecule has 0 bridgehead atoms. The number of rotatable bonds is 13. The second-order valence-corrected chi connectivity index (χ2v) is 26.3. The van der Waals surface area contributed by atoms with Crippen LogP contribution >= 0.6 is 0 Å². The Kier molecular flexibility index (Phi) is 17.8. The smallest absolute Gasteiger partial charge is 0.394 e. The molecule has 12 nitrogen and oxygen atoms in total. The first-order chi connectivity index (χ1) is 32.4. The summed E-state index contributed by atoms with van der Waals surface area (Å²) in [7, 11) is -2.77. The van der Waals surface area contributed by atoms with Gasteiger partial charge in [0.25, 0.3) is 0 Å². The Morgan fingerprint density at radius 2 is 0.929 bits per heavy atom. The van der Waals surface area contributed by atoms with E-state index >= 15 is 0 Å². The molecule has 6 saturated carbocycles. The molecule has 6 aliphatic rings. The first kappa shape index (κ1) is 56.6.